The Balaban J connectivity index is 2.38. The van der Waals surface area contributed by atoms with Crippen LogP contribution in [0.5, 0.6) is 5.75 Å². The van der Waals surface area contributed by atoms with Crippen molar-refractivity contribution in [3.8, 4) is 5.75 Å². The third-order valence-electron chi connectivity index (χ3n) is 3.13. The van der Waals surface area contributed by atoms with Gasteiger partial charge in [0.15, 0.2) is 0 Å². The molecule has 2 aromatic carbocycles. The zero-order chi connectivity index (χ0) is 20.0. The van der Waals surface area contributed by atoms with Crippen molar-refractivity contribution >= 4 is 39.3 Å². The molecule has 27 heavy (non-hydrogen) atoms. The van der Waals surface area contributed by atoms with Gasteiger partial charge in [0.25, 0.3) is 0 Å². The monoisotopic (exact) mass is 410 g/mol. The van der Waals surface area contributed by atoms with Crippen molar-refractivity contribution in [3.05, 3.63) is 64.7 Å². The van der Waals surface area contributed by atoms with E-state index in [1.165, 1.54) is 12.1 Å². The summed E-state index contributed by atoms with van der Waals surface area (Å²) in [7, 11) is -2.58. The van der Waals surface area contributed by atoms with Gasteiger partial charge in [0.05, 0.1) is 19.1 Å². The highest BCUT2D eigenvalue weighted by Gasteiger charge is 2.15. The minimum Gasteiger partial charge on any atom is -0.462 e. The predicted molar refractivity (Wildman–Crippen MR) is 99.2 cm³/mol. The number of hydrogen-bond acceptors (Lipinski definition) is 7. The third-order valence-corrected chi connectivity index (χ3v) is 3.88. The molecule has 0 saturated heterocycles. The number of nitrogens with zero attached hydrogens (tertiary/aromatic N) is 1. The quantitative estimate of drug-likeness (QED) is 0.264. The molecule has 8 nitrogen and oxygen atoms in total. The fourth-order valence-electron chi connectivity index (χ4n) is 1.99. The third kappa shape index (κ3) is 6.08. The van der Waals surface area contributed by atoms with E-state index < -0.39 is 22.0 Å². The Kier molecular flexibility index (Phi) is 6.54. The number of carbonyl (C=O) groups excluding carboxylic acids is 2. The van der Waals surface area contributed by atoms with Crippen LogP contribution >= 0.6 is 11.6 Å². The van der Waals surface area contributed by atoms with E-state index in [0.717, 1.165) is 13.4 Å². The molecule has 0 saturated carbocycles. The average Bonchev–Trinajstić information content (AvgIpc) is 2.62. The molecule has 0 heterocycles. The van der Waals surface area contributed by atoms with Gasteiger partial charge in [0.2, 0.25) is 0 Å². The molecule has 0 aliphatic rings. The average molecular weight is 411 g/mol. The first-order valence-corrected chi connectivity index (χ1v) is 9.61. The number of hydrogen-bond donors (Lipinski definition) is 1. The van der Waals surface area contributed by atoms with Crippen LogP contribution in [0.4, 0.5) is 0 Å². The molecule has 0 spiro atoms. The topological polar surface area (TPSA) is 111 Å². The van der Waals surface area contributed by atoms with E-state index in [-0.39, 0.29) is 5.75 Å². The molecule has 0 unspecified atom stereocenters. The number of nitrogens with one attached hydrogen (secondary N) is 1. The van der Waals surface area contributed by atoms with Crippen LogP contribution in [0.2, 0.25) is 5.02 Å². The summed E-state index contributed by atoms with van der Waals surface area (Å²) >= 11 is 5.89. The van der Waals surface area contributed by atoms with E-state index in [1.54, 1.807) is 36.4 Å². The molecule has 0 aliphatic heterocycles. The van der Waals surface area contributed by atoms with Crippen molar-refractivity contribution in [1.29, 1.82) is 0 Å². The van der Waals surface area contributed by atoms with Crippen LogP contribution in [0.3, 0.4) is 0 Å². The van der Waals surface area contributed by atoms with Crippen LogP contribution in [0, 0.1) is 0 Å². The fraction of sp³-hybridized carbons (Fsp3) is 0.118. The largest absolute Gasteiger partial charge is 0.462 e. The minimum atomic E-state index is -3.65. The van der Waals surface area contributed by atoms with Crippen LogP contribution in [0.1, 0.15) is 11.1 Å². The van der Waals surface area contributed by atoms with Gasteiger partial charge < -0.3 is 8.92 Å². The van der Waals surface area contributed by atoms with E-state index in [4.69, 9.17) is 15.8 Å². The van der Waals surface area contributed by atoms with Crippen molar-refractivity contribution in [3.63, 3.8) is 0 Å². The van der Waals surface area contributed by atoms with E-state index in [9.17, 15) is 18.0 Å². The van der Waals surface area contributed by atoms with E-state index in [1.807, 2.05) is 0 Å². The highest BCUT2D eigenvalue weighted by Crippen LogP contribution is 2.18. The number of benzene rings is 2. The first-order valence-electron chi connectivity index (χ1n) is 7.41. The smallest absolute Gasteiger partial charge is 0.398 e. The number of esters is 1. The van der Waals surface area contributed by atoms with Crippen molar-refractivity contribution in [2.45, 2.75) is 0 Å². The van der Waals surface area contributed by atoms with Crippen LogP contribution in [0.15, 0.2) is 53.6 Å². The molecule has 10 heteroatoms. The minimum absolute atomic E-state index is 0.121. The molecule has 0 aromatic heterocycles. The lowest BCUT2D eigenvalue weighted by Gasteiger charge is -2.09. The first-order chi connectivity index (χ1) is 12.7. The lowest BCUT2D eigenvalue weighted by molar-refractivity contribution is -0.152. The van der Waals surface area contributed by atoms with Crippen LogP contribution in [-0.4, -0.2) is 39.4 Å². The molecule has 142 valence electrons. The highest BCUT2D eigenvalue weighted by molar-refractivity contribution is 7.86. The second kappa shape index (κ2) is 8.65. The summed E-state index contributed by atoms with van der Waals surface area (Å²) in [6, 6.07) is 12.6. The molecule has 0 bridgehead atoms. The van der Waals surface area contributed by atoms with Gasteiger partial charge >= 0.3 is 22.0 Å². The van der Waals surface area contributed by atoms with Crippen molar-refractivity contribution < 1.29 is 26.9 Å². The molecule has 2 rings (SSSR count). The number of ether oxygens (including phenoxy) is 1. The van der Waals surface area contributed by atoms with E-state index >= 15 is 0 Å². The Bertz CT molecular complexity index is 969. The number of hydrazone groups is 1. The van der Waals surface area contributed by atoms with Gasteiger partial charge in [0, 0.05) is 16.1 Å². The van der Waals surface area contributed by atoms with Gasteiger partial charge in [-0.3, -0.25) is 4.79 Å². The summed E-state index contributed by atoms with van der Waals surface area (Å²) in [5.74, 6) is -2.01. The van der Waals surface area contributed by atoms with Crippen molar-refractivity contribution in [2.24, 2.45) is 5.10 Å². The molecule has 1 N–H and O–H groups in total. The van der Waals surface area contributed by atoms with Crippen LogP contribution in [0.25, 0.3) is 0 Å². The van der Waals surface area contributed by atoms with Gasteiger partial charge in [-0.25, -0.2) is 10.2 Å². The second-order valence-electron chi connectivity index (χ2n) is 5.21. The maximum absolute atomic E-state index is 11.6. The number of halogens is 1. The number of carbonyl (C=O) groups is 2. The predicted octanol–water partition coefficient (Wildman–Crippen LogP) is 1.72. The molecule has 2 aromatic rings. The maximum Gasteiger partial charge on any atom is 0.398 e. The molecular weight excluding hydrogens is 396 g/mol. The Hall–Kier alpha value is -2.91. The number of methoxy groups -OCH3 is 1. The Morgan fingerprint density at radius 2 is 1.52 bits per heavy atom. The molecular formula is C17H15ClN2O6S. The zero-order valence-corrected chi connectivity index (χ0v) is 15.9. The number of amides is 1. The van der Waals surface area contributed by atoms with Crippen molar-refractivity contribution in [2.75, 3.05) is 13.4 Å². The molecule has 0 atom stereocenters. The van der Waals surface area contributed by atoms with E-state index in [2.05, 4.69) is 15.3 Å². The fourth-order valence-corrected chi connectivity index (χ4v) is 2.58. The highest BCUT2D eigenvalue weighted by atomic mass is 35.5. The molecule has 1 amide bonds. The van der Waals surface area contributed by atoms with Gasteiger partial charge in [-0.2, -0.15) is 13.5 Å². The lowest BCUT2D eigenvalue weighted by atomic mass is 10.0. The van der Waals surface area contributed by atoms with Crippen LogP contribution < -0.4 is 9.61 Å². The van der Waals surface area contributed by atoms with Gasteiger partial charge in [0.1, 0.15) is 5.75 Å². The van der Waals surface area contributed by atoms with Crippen molar-refractivity contribution in [1.82, 2.24) is 5.43 Å². The van der Waals surface area contributed by atoms with Gasteiger partial charge in [-0.15, -0.1) is 0 Å². The van der Waals surface area contributed by atoms with Gasteiger partial charge in [-0.05, 0) is 36.4 Å². The summed E-state index contributed by atoms with van der Waals surface area (Å²) in [4.78, 5) is 22.8. The number of rotatable bonds is 5. The summed E-state index contributed by atoms with van der Waals surface area (Å²) < 4.78 is 31.5. The Morgan fingerprint density at radius 1 is 1.00 bits per heavy atom. The summed E-state index contributed by atoms with van der Waals surface area (Å²) in [6.07, 6.45) is 0.934. The lowest BCUT2D eigenvalue weighted by Crippen LogP contribution is -2.29. The normalized spacial score (nSPS) is 11.6. The Labute approximate surface area is 160 Å². The zero-order valence-electron chi connectivity index (χ0n) is 14.3. The maximum atomic E-state index is 11.6. The summed E-state index contributed by atoms with van der Waals surface area (Å²) in [5, 5.41) is 4.49. The second-order valence-corrected chi connectivity index (χ2v) is 7.22. The molecule has 0 radical (unpaired) electrons. The SMILES string of the molecule is COC(=O)C(=O)N/N=C(\c1ccc(Cl)cc1)c1ccc(OS(C)(=O)=O)cc1. The summed E-state index contributed by atoms with van der Waals surface area (Å²) in [6.45, 7) is 0. The molecule has 0 fully saturated rings. The van der Waals surface area contributed by atoms with Crippen LogP contribution in [-0.2, 0) is 24.4 Å². The first kappa shape index (κ1) is 20.4. The summed E-state index contributed by atoms with van der Waals surface area (Å²) in [5.41, 5.74) is 3.56. The van der Waals surface area contributed by atoms with Gasteiger partial charge in [-0.1, -0.05) is 23.7 Å². The Morgan fingerprint density at radius 3 is 2.00 bits per heavy atom. The molecule has 0 aliphatic carbocycles. The standard InChI is InChI=1S/C17H15ClN2O6S/c1-25-17(22)16(21)20-19-15(11-3-7-13(18)8-4-11)12-5-9-14(10-6-12)26-27(2,23)24/h3-10H,1-2H3,(H,20,21)/b19-15+. The van der Waals surface area contributed by atoms with E-state index in [0.29, 0.717) is 21.9 Å².